The zero-order chi connectivity index (χ0) is 37.5. The molecule has 0 amide bonds. The molecule has 0 aliphatic heterocycles. The van der Waals surface area contributed by atoms with E-state index in [0.29, 0.717) is 25.7 Å². The fourth-order valence-corrected chi connectivity index (χ4v) is 5.35. The Labute approximate surface area is 311 Å². The standard InChI is InChI=1S/C44H74O7/c1-3-5-7-8-9-10-11-12-13-14-15-16-17-21-24-30-37-44(49)51-42(38-45)39-50-43(48)36-31-25-29-35-41(47)34-28-23-20-18-19-22-27-33-40(46)32-26-6-4-2/h6,19-20,22-23,26-29,33-35,40-42,45-47H,3-5,7-18,21,24-25,30-32,36-39H2,1-2H3/b22-19-,23-20-,26-6-,33-27+,34-28+,35-29-/t40-,41-,42+/m1/s1. The van der Waals surface area contributed by atoms with Gasteiger partial charge in [-0.3, -0.25) is 9.59 Å². The minimum absolute atomic E-state index is 0.153. The van der Waals surface area contributed by atoms with Gasteiger partial charge in [-0.15, -0.1) is 0 Å². The average Bonchev–Trinajstić information content (AvgIpc) is 3.12. The van der Waals surface area contributed by atoms with Crippen molar-refractivity contribution in [2.45, 2.75) is 180 Å². The Morgan fingerprint density at radius 2 is 1.14 bits per heavy atom. The molecule has 0 spiro atoms. The largest absolute Gasteiger partial charge is 0.462 e. The molecule has 0 aromatic heterocycles. The molecule has 0 fully saturated rings. The van der Waals surface area contributed by atoms with Crippen molar-refractivity contribution in [3.63, 3.8) is 0 Å². The van der Waals surface area contributed by atoms with Crippen molar-refractivity contribution in [3.05, 3.63) is 72.9 Å². The maximum Gasteiger partial charge on any atom is 0.306 e. The van der Waals surface area contributed by atoms with E-state index in [9.17, 15) is 24.9 Å². The highest BCUT2D eigenvalue weighted by Gasteiger charge is 2.16. The third-order valence-electron chi connectivity index (χ3n) is 8.44. The zero-order valence-electron chi connectivity index (χ0n) is 32.3. The first kappa shape index (κ1) is 48.3. The van der Waals surface area contributed by atoms with Crippen LogP contribution in [0.1, 0.15) is 162 Å². The number of carbonyl (C=O) groups excluding carboxylic acids is 2. The van der Waals surface area contributed by atoms with Crippen LogP contribution < -0.4 is 0 Å². The molecule has 7 heteroatoms. The summed E-state index contributed by atoms with van der Waals surface area (Å²) in [5, 5.41) is 29.4. The minimum Gasteiger partial charge on any atom is -0.462 e. The number of esters is 2. The second kappa shape index (κ2) is 38.5. The van der Waals surface area contributed by atoms with Crippen LogP contribution in [0.25, 0.3) is 0 Å². The van der Waals surface area contributed by atoms with Gasteiger partial charge in [0.15, 0.2) is 6.10 Å². The van der Waals surface area contributed by atoms with Crippen LogP contribution in [-0.4, -0.2) is 58.8 Å². The second-order valence-electron chi connectivity index (χ2n) is 13.4. The Bertz CT molecular complexity index is 978. The van der Waals surface area contributed by atoms with Crippen LogP contribution in [0.15, 0.2) is 72.9 Å². The first-order chi connectivity index (χ1) is 24.9. The molecule has 0 aromatic carbocycles. The van der Waals surface area contributed by atoms with Crippen LogP contribution in [-0.2, 0) is 19.1 Å². The molecule has 7 nitrogen and oxygen atoms in total. The van der Waals surface area contributed by atoms with Crippen molar-refractivity contribution in [1.82, 2.24) is 0 Å². The quantitative estimate of drug-likeness (QED) is 0.0259. The summed E-state index contributed by atoms with van der Waals surface area (Å²) < 4.78 is 10.5. The van der Waals surface area contributed by atoms with E-state index in [1.807, 2.05) is 48.6 Å². The van der Waals surface area contributed by atoms with Crippen molar-refractivity contribution in [3.8, 4) is 0 Å². The molecular weight excluding hydrogens is 640 g/mol. The maximum atomic E-state index is 12.2. The first-order valence-electron chi connectivity index (χ1n) is 20.2. The first-order valence-corrected chi connectivity index (χ1v) is 20.2. The summed E-state index contributed by atoms with van der Waals surface area (Å²) in [5.41, 5.74) is 0. The summed E-state index contributed by atoms with van der Waals surface area (Å²) in [7, 11) is 0. The molecule has 0 rings (SSSR count). The molecule has 0 saturated carbocycles. The highest BCUT2D eigenvalue weighted by Crippen LogP contribution is 2.14. The molecule has 0 aliphatic rings. The van der Waals surface area contributed by atoms with Crippen LogP contribution in [0.5, 0.6) is 0 Å². The summed E-state index contributed by atoms with van der Waals surface area (Å²) in [6.07, 6.45) is 44.6. The van der Waals surface area contributed by atoms with Gasteiger partial charge < -0.3 is 24.8 Å². The second-order valence-corrected chi connectivity index (χ2v) is 13.4. The normalized spacial score (nSPS) is 14.2. The Morgan fingerprint density at radius 3 is 1.71 bits per heavy atom. The van der Waals surface area contributed by atoms with Gasteiger partial charge in [-0.05, 0) is 38.5 Å². The Kier molecular flexibility index (Phi) is 36.4. The average molecular weight is 715 g/mol. The van der Waals surface area contributed by atoms with E-state index in [1.54, 1.807) is 24.3 Å². The highest BCUT2D eigenvalue weighted by molar-refractivity contribution is 5.70. The minimum atomic E-state index is -0.844. The van der Waals surface area contributed by atoms with Gasteiger partial charge in [0.25, 0.3) is 0 Å². The van der Waals surface area contributed by atoms with Gasteiger partial charge in [0.2, 0.25) is 0 Å². The smallest absolute Gasteiger partial charge is 0.306 e. The third-order valence-corrected chi connectivity index (χ3v) is 8.44. The monoisotopic (exact) mass is 715 g/mol. The van der Waals surface area contributed by atoms with E-state index in [-0.39, 0.29) is 19.0 Å². The van der Waals surface area contributed by atoms with Crippen molar-refractivity contribution < 1.29 is 34.4 Å². The molecule has 3 N–H and O–H groups in total. The molecule has 0 unspecified atom stereocenters. The molecule has 0 bridgehead atoms. The van der Waals surface area contributed by atoms with Crippen LogP contribution >= 0.6 is 0 Å². The van der Waals surface area contributed by atoms with Crippen LogP contribution in [0.3, 0.4) is 0 Å². The molecule has 0 aromatic rings. The predicted octanol–water partition coefficient (Wildman–Crippen LogP) is 10.5. The lowest BCUT2D eigenvalue weighted by molar-refractivity contribution is -0.161. The highest BCUT2D eigenvalue weighted by atomic mass is 16.6. The van der Waals surface area contributed by atoms with Gasteiger partial charge in [-0.1, -0.05) is 183 Å². The molecule has 0 heterocycles. The van der Waals surface area contributed by atoms with E-state index >= 15 is 0 Å². The zero-order valence-corrected chi connectivity index (χ0v) is 32.3. The van der Waals surface area contributed by atoms with E-state index < -0.39 is 30.9 Å². The van der Waals surface area contributed by atoms with Crippen LogP contribution in [0.4, 0.5) is 0 Å². The number of rotatable bonds is 35. The topological polar surface area (TPSA) is 113 Å². The molecule has 0 radical (unpaired) electrons. The number of allylic oxidation sites excluding steroid dienone is 8. The molecule has 292 valence electrons. The maximum absolute atomic E-state index is 12.2. The third kappa shape index (κ3) is 36.8. The molecule has 3 atom stereocenters. The van der Waals surface area contributed by atoms with Crippen molar-refractivity contribution >= 4 is 11.9 Å². The summed E-state index contributed by atoms with van der Waals surface area (Å²) in [5.74, 6) is -0.775. The molecule has 0 saturated heterocycles. The number of carbonyl (C=O) groups is 2. The van der Waals surface area contributed by atoms with Gasteiger partial charge in [-0.25, -0.2) is 0 Å². The van der Waals surface area contributed by atoms with Crippen molar-refractivity contribution in [1.29, 1.82) is 0 Å². The lowest BCUT2D eigenvalue weighted by Crippen LogP contribution is -2.28. The fraction of sp³-hybridized carbons (Fsp3) is 0.682. The molecule has 51 heavy (non-hydrogen) atoms. The van der Waals surface area contributed by atoms with E-state index in [0.717, 1.165) is 32.1 Å². The summed E-state index contributed by atoms with van der Waals surface area (Å²) in [6, 6.07) is 0. The predicted molar refractivity (Wildman–Crippen MR) is 212 cm³/mol. The van der Waals surface area contributed by atoms with Gasteiger partial charge in [0.1, 0.15) is 6.61 Å². The number of aliphatic hydroxyl groups is 3. The number of hydrogen-bond donors (Lipinski definition) is 3. The van der Waals surface area contributed by atoms with E-state index in [2.05, 4.69) is 13.8 Å². The molecule has 0 aliphatic carbocycles. The van der Waals surface area contributed by atoms with Gasteiger partial charge in [-0.2, -0.15) is 0 Å². The van der Waals surface area contributed by atoms with Crippen molar-refractivity contribution in [2.24, 2.45) is 0 Å². The SMILES string of the molecule is CC/C=C\C[C@@H](O)/C=C/C=C\C/C=C\C=C\[C@@H](O)/C=C\CCCC(=O)OC[C@H](CO)OC(=O)CCCCCCCCCCCCCCCCCC. The lowest BCUT2D eigenvalue weighted by Gasteiger charge is -2.15. The lowest BCUT2D eigenvalue weighted by atomic mass is 10.0. The summed E-state index contributed by atoms with van der Waals surface area (Å²) >= 11 is 0. The number of hydrogen-bond acceptors (Lipinski definition) is 7. The Morgan fingerprint density at radius 1 is 0.588 bits per heavy atom. The summed E-state index contributed by atoms with van der Waals surface area (Å²) in [6.45, 7) is 3.78. The van der Waals surface area contributed by atoms with Gasteiger partial charge in [0.05, 0.1) is 18.8 Å². The van der Waals surface area contributed by atoms with Crippen molar-refractivity contribution in [2.75, 3.05) is 13.2 Å². The Balaban J connectivity index is 3.83. The van der Waals surface area contributed by atoms with Crippen LogP contribution in [0.2, 0.25) is 0 Å². The number of ether oxygens (including phenoxy) is 2. The summed E-state index contributed by atoms with van der Waals surface area (Å²) in [4.78, 5) is 24.3. The van der Waals surface area contributed by atoms with E-state index in [4.69, 9.17) is 9.47 Å². The number of aliphatic hydroxyl groups excluding tert-OH is 3. The fourth-order valence-electron chi connectivity index (χ4n) is 5.35. The van der Waals surface area contributed by atoms with E-state index in [1.165, 1.54) is 83.5 Å². The van der Waals surface area contributed by atoms with Crippen LogP contribution in [0, 0.1) is 0 Å². The number of unbranched alkanes of at least 4 members (excludes halogenated alkanes) is 16. The Hall–Kier alpha value is -2.74. The molecular formula is C44H74O7. The van der Waals surface area contributed by atoms with Gasteiger partial charge in [0, 0.05) is 12.8 Å². The van der Waals surface area contributed by atoms with Gasteiger partial charge >= 0.3 is 11.9 Å².